The van der Waals surface area contributed by atoms with Crippen molar-refractivity contribution in [1.82, 2.24) is 4.98 Å². The van der Waals surface area contributed by atoms with Gasteiger partial charge in [0.2, 0.25) is 5.88 Å². The minimum atomic E-state index is -1.84. The molecule has 9 heteroatoms. The van der Waals surface area contributed by atoms with Crippen LogP contribution in [0.4, 0.5) is 5.69 Å². The van der Waals surface area contributed by atoms with Crippen LogP contribution in [0.15, 0.2) is 94.2 Å². The number of rotatable bonds is 5. The van der Waals surface area contributed by atoms with E-state index in [9.17, 15) is 19.6 Å². The molecule has 0 spiro atoms. The summed E-state index contributed by atoms with van der Waals surface area (Å²) in [6.07, 6.45) is 1.57. The van der Waals surface area contributed by atoms with Gasteiger partial charge in [-0.3, -0.25) is 15.1 Å². The zero-order chi connectivity index (χ0) is 23.5. The summed E-state index contributed by atoms with van der Waals surface area (Å²) in [5.41, 5.74) is 8.27. The van der Waals surface area contributed by atoms with Gasteiger partial charge in [0.15, 0.2) is 5.76 Å². The van der Waals surface area contributed by atoms with Crippen molar-refractivity contribution in [2.24, 2.45) is 5.73 Å². The molecule has 2 N–H and O–H groups in total. The molecule has 0 saturated carbocycles. The standard InChI is InChI=1S/C24H18N4O4S/c1-15-5-7-16(8-6-15)21-19(14-25)24(26)32-22(20-4-2-3-13-27-20)23(21)33(31)18-11-9-17(10-12-18)28(29)30/h2-13,21H,26H2,1H3. The topological polar surface area (TPSA) is 132 Å². The van der Waals surface area contributed by atoms with Crippen molar-refractivity contribution < 1.29 is 13.9 Å². The maximum absolute atomic E-state index is 13.9. The first-order valence-electron chi connectivity index (χ1n) is 9.86. The Morgan fingerprint density at radius 2 is 1.82 bits per heavy atom. The Morgan fingerprint density at radius 1 is 1.12 bits per heavy atom. The third-order valence-electron chi connectivity index (χ3n) is 5.14. The van der Waals surface area contributed by atoms with Gasteiger partial charge in [0.25, 0.3) is 5.69 Å². The Morgan fingerprint density at radius 3 is 2.39 bits per heavy atom. The van der Waals surface area contributed by atoms with E-state index in [4.69, 9.17) is 10.5 Å². The maximum atomic E-state index is 13.9. The Labute approximate surface area is 192 Å². The predicted molar refractivity (Wildman–Crippen MR) is 122 cm³/mol. The molecule has 1 aliphatic rings. The first-order valence-corrected chi connectivity index (χ1v) is 11.0. The molecule has 8 nitrogen and oxygen atoms in total. The fourth-order valence-corrected chi connectivity index (χ4v) is 4.92. The molecule has 3 aromatic rings. The highest BCUT2D eigenvalue weighted by molar-refractivity contribution is 7.89. The highest BCUT2D eigenvalue weighted by Gasteiger charge is 2.37. The summed E-state index contributed by atoms with van der Waals surface area (Å²) in [6.45, 7) is 1.94. The number of hydrogen-bond donors (Lipinski definition) is 1. The monoisotopic (exact) mass is 458 g/mol. The van der Waals surface area contributed by atoms with E-state index in [1.165, 1.54) is 24.3 Å². The predicted octanol–water partition coefficient (Wildman–Crippen LogP) is 4.28. The largest absolute Gasteiger partial charge is 0.437 e. The summed E-state index contributed by atoms with van der Waals surface area (Å²) in [5.74, 6) is -0.653. The van der Waals surface area contributed by atoms with Crippen molar-refractivity contribution >= 4 is 22.2 Å². The minimum Gasteiger partial charge on any atom is -0.437 e. The van der Waals surface area contributed by atoms with Crippen LogP contribution in [0, 0.1) is 28.4 Å². The van der Waals surface area contributed by atoms with Gasteiger partial charge in [0.1, 0.15) is 17.3 Å². The average molecular weight is 458 g/mol. The number of aryl methyl sites for hydroxylation is 1. The smallest absolute Gasteiger partial charge is 0.269 e. The lowest BCUT2D eigenvalue weighted by Crippen LogP contribution is -2.23. The van der Waals surface area contributed by atoms with E-state index in [0.717, 1.165) is 5.56 Å². The van der Waals surface area contributed by atoms with Crippen molar-refractivity contribution in [1.29, 1.82) is 5.26 Å². The van der Waals surface area contributed by atoms with Crippen molar-refractivity contribution in [3.05, 3.63) is 116 Å². The number of non-ortho nitro benzene ring substituents is 1. The molecule has 0 amide bonds. The van der Waals surface area contributed by atoms with Crippen LogP contribution in [-0.4, -0.2) is 14.1 Å². The number of benzene rings is 2. The number of allylic oxidation sites excluding steroid dienone is 2. The lowest BCUT2D eigenvalue weighted by molar-refractivity contribution is -0.384. The first-order chi connectivity index (χ1) is 15.9. The number of nitrogens with zero attached hydrogens (tertiary/aromatic N) is 3. The molecular formula is C24H18N4O4S. The molecule has 2 aromatic carbocycles. The summed E-state index contributed by atoms with van der Waals surface area (Å²) in [6, 6.07) is 20.2. The van der Waals surface area contributed by atoms with Gasteiger partial charge in [-0.2, -0.15) is 5.26 Å². The second-order valence-corrected chi connectivity index (χ2v) is 8.71. The Hall–Kier alpha value is -4.29. The van der Waals surface area contributed by atoms with Gasteiger partial charge in [-0.25, -0.2) is 4.21 Å². The van der Waals surface area contributed by atoms with Gasteiger partial charge < -0.3 is 10.5 Å². The lowest BCUT2D eigenvalue weighted by atomic mass is 9.88. The fourth-order valence-electron chi connectivity index (χ4n) is 3.50. The van der Waals surface area contributed by atoms with E-state index >= 15 is 0 Å². The van der Waals surface area contributed by atoms with Crippen LogP contribution in [0.1, 0.15) is 22.7 Å². The summed E-state index contributed by atoms with van der Waals surface area (Å²) in [4.78, 5) is 15.4. The molecule has 0 aliphatic carbocycles. The SMILES string of the molecule is Cc1ccc(C2C(C#N)=C(N)OC(c3ccccn3)=C2S(=O)c2ccc([N+](=O)[O-])cc2)cc1. The van der Waals surface area contributed by atoms with Crippen LogP contribution in [-0.2, 0) is 15.5 Å². The van der Waals surface area contributed by atoms with Gasteiger partial charge in [-0.05, 0) is 36.8 Å². The molecule has 2 heterocycles. The summed E-state index contributed by atoms with van der Waals surface area (Å²) >= 11 is 0. The first kappa shape index (κ1) is 21.9. The number of pyridine rings is 1. The highest BCUT2D eigenvalue weighted by atomic mass is 32.2. The van der Waals surface area contributed by atoms with E-state index in [2.05, 4.69) is 11.1 Å². The van der Waals surface area contributed by atoms with Gasteiger partial charge in [0.05, 0.1) is 26.5 Å². The van der Waals surface area contributed by atoms with Crippen LogP contribution in [0.25, 0.3) is 5.76 Å². The number of aromatic nitrogens is 1. The van der Waals surface area contributed by atoms with Gasteiger partial charge in [-0.1, -0.05) is 35.9 Å². The number of hydrogen-bond acceptors (Lipinski definition) is 7. The molecule has 33 heavy (non-hydrogen) atoms. The van der Waals surface area contributed by atoms with E-state index < -0.39 is 21.6 Å². The van der Waals surface area contributed by atoms with Gasteiger partial charge in [-0.15, -0.1) is 0 Å². The summed E-state index contributed by atoms with van der Waals surface area (Å²) < 4.78 is 19.7. The molecular weight excluding hydrogens is 440 g/mol. The quantitative estimate of drug-likeness (QED) is 0.446. The normalized spacial score (nSPS) is 16.7. The molecule has 4 rings (SSSR count). The molecule has 1 aliphatic heterocycles. The Balaban J connectivity index is 1.96. The van der Waals surface area contributed by atoms with Gasteiger partial charge >= 0.3 is 0 Å². The molecule has 2 atom stereocenters. The molecule has 0 saturated heterocycles. The Bertz CT molecular complexity index is 1340. The van der Waals surface area contributed by atoms with Crippen LogP contribution >= 0.6 is 0 Å². The van der Waals surface area contributed by atoms with Gasteiger partial charge in [0, 0.05) is 23.2 Å². The third-order valence-corrected chi connectivity index (χ3v) is 6.66. The maximum Gasteiger partial charge on any atom is 0.269 e. The minimum absolute atomic E-state index is 0.0897. The van der Waals surface area contributed by atoms with E-state index in [0.29, 0.717) is 16.2 Å². The third kappa shape index (κ3) is 4.24. The van der Waals surface area contributed by atoms with E-state index in [1.54, 1.807) is 24.4 Å². The number of nitriles is 1. The van der Waals surface area contributed by atoms with Crippen molar-refractivity contribution in [2.45, 2.75) is 17.7 Å². The van der Waals surface area contributed by atoms with Crippen LogP contribution in [0.3, 0.4) is 0 Å². The molecule has 164 valence electrons. The van der Waals surface area contributed by atoms with E-state index in [1.807, 2.05) is 31.2 Å². The van der Waals surface area contributed by atoms with Crippen molar-refractivity contribution in [3.63, 3.8) is 0 Å². The van der Waals surface area contributed by atoms with Crippen LogP contribution in [0.2, 0.25) is 0 Å². The number of ether oxygens (including phenoxy) is 1. The van der Waals surface area contributed by atoms with Crippen molar-refractivity contribution in [3.8, 4) is 6.07 Å². The summed E-state index contributed by atoms with van der Waals surface area (Å²) in [7, 11) is -1.84. The van der Waals surface area contributed by atoms with Crippen LogP contribution < -0.4 is 5.73 Å². The number of nitro benzene ring substituents is 1. The Kier molecular flexibility index (Phi) is 6.02. The zero-order valence-corrected chi connectivity index (χ0v) is 18.3. The molecule has 0 bridgehead atoms. The van der Waals surface area contributed by atoms with Crippen LogP contribution in [0.5, 0.6) is 0 Å². The van der Waals surface area contributed by atoms with Crippen molar-refractivity contribution in [2.75, 3.05) is 0 Å². The molecule has 1 aromatic heterocycles. The molecule has 0 fully saturated rings. The lowest BCUT2D eigenvalue weighted by Gasteiger charge is -2.28. The second-order valence-electron chi connectivity index (χ2n) is 7.26. The average Bonchev–Trinajstić information content (AvgIpc) is 2.84. The molecule has 0 radical (unpaired) electrons. The fraction of sp³-hybridized carbons (Fsp3) is 0.0833. The van der Waals surface area contributed by atoms with E-state index in [-0.39, 0.29) is 27.8 Å². The number of nitrogens with two attached hydrogens (primary N) is 1. The number of nitro groups is 1. The highest BCUT2D eigenvalue weighted by Crippen LogP contribution is 2.44. The summed E-state index contributed by atoms with van der Waals surface area (Å²) in [5, 5.41) is 20.9. The molecule has 2 unspecified atom stereocenters. The zero-order valence-electron chi connectivity index (χ0n) is 17.5. The second kappa shape index (κ2) is 9.06.